The smallest absolute Gasteiger partial charge is 0.260 e. The maximum atomic E-state index is 13.4. The summed E-state index contributed by atoms with van der Waals surface area (Å²) in [4.78, 5) is 22.2. The van der Waals surface area contributed by atoms with Crippen molar-refractivity contribution in [1.29, 1.82) is 0 Å². The lowest BCUT2D eigenvalue weighted by Crippen LogP contribution is -2.39. The molecule has 8 heteroatoms. The largest absolute Gasteiger partial charge is 0.497 e. The van der Waals surface area contributed by atoms with E-state index in [4.69, 9.17) is 14.5 Å². The Morgan fingerprint density at radius 1 is 1.16 bits per heavy atom. The van der Waals surface area contributed by atoms with Crippen LogP contribution in [0.5, 0.6) is 5.75 Å². The Morgan fingerprint density at radius 3 is 2.56 bits per heavy atom. The minimum atomic E-state index is -0.288. The van der Waals surface area contributed by atoms with Gasteiger partial charge in [-0.3, -0.25) is 14.6 Å². The number of benzene rings is 2. The van der Waals surface area contributed by atoms with Crippen molar-refractivity contribution in [3.63, 3.8) is 0 Å². The van der Waals surface area contributed by atoms with Gasteiger partial charge in [0.15, 0.2) is 5.13 Å². The molecule has 1 saturated heterocycles. The molecule has 2 heterocycles. The summed E-state index contributed by atoms with van der Waals surface area (Å²) in [5.41, 5.74) is 2.13. The fraction of sp³-hybridized carbons (Fsp3) is 0.333. The minimum absolute atomic E-state index is 0.102. The summed E-state index contributed by atoms with van der Waals surface area (Å²) < 4.78 is 23.9. The molecule has 0 atom stereocenters. The van der Waals surface area contributed by atoms with Crippen LogP contribution in [0.2, 0.25) is 0 Å². The van der Waals surface area contributed by atoms with Crippen LogP contribution in [0.4, 0.5) is 9.52 Å². The average molecular weight is 456 g/mol. The van der Waals surface area contributed by atoms with Crippen LogP contribution in [0.15, 0.2) is 53.9 Å². The molecular formula is C24H26FN3O3S. The lowest BCUT2D eigenvalue weighted by molar-refractivity contribution is 0.0376. The minimum Gasteiger partial charge on any atom is -0.497 e. The first kappa shape index (κ1) is 22.4. The summed E-state index contributed by atoms with van der Waals surface area (Å²) in [6, 6.07) is 13.3. The highest BCUT2D eigenvalue weighted by atomic mass is 32.1. The number of hydrogen-bond acceptors (Lipinski definition) is 6. The van der Waals surface area contributed by atoms with Crippen molar-refractivity contribution in [1.82, 2.24) is 9.88 Å². The van der Waals surface area contributed by atoms with Crippen LogP contribution >= 0.6 is 11.3 Å². The van der Waals surface area contributed by atoms with E-state index in [2.05, 4.69) is 4.90 Å². The number of thiazole rings is 1. The van der Waals surface area contributed by atoms with Gasteiger partial charge >= 0.3 is 0 Å². The molecule has 168 valence electrons. The lowest BCUT2D eigenvalue weighted by atomic mass is 10.2. The number of amides is 1. The second-order valence-corrected chi connectivity index (χ2v) is 8.35. The van der Waals surface area contributed by atoms with E-state index in [1.165, 1.54) is 23.5 Å². The van der Waals surface area contributed by atoms with Gasteiger partial charge in [-0.15, -0.1) is 11.3 Å². The summed E-state index contributed by atoms with van der Waals surface area (Å²) in [6.07, 6.45) is 0.827. The predicted octanol–water partition coefficient (Wildman–Crippen LogP) is 4.33. The zero-order valence-corrected chi connectivity index (χ0v) is 18.8. The van der Waals surface area contributed by atoms with Gasteiger partial charge in [0.05, 0.1) is 26.0 Å². The molecule has 4 rings (SSSR count). The summed E-state index contributed by atoms with van der Waals surface area (Å²) in [5, 5.41) is 2.53. The molecule has 0 aliphatic carbocycles. The van der Waals surface area contributed by atoms with E-state index in [-0.39, 0.29) is 11.7 Å². The second kappa shape index (κ2) is 10.7. The highest BCUT2D eigenvalue weighted by molar-refractivity contribution is 7.14. The molecule has 0 bridgehead atoms. The molecule has 0 radical (unpaired) electrons. The number of halogens is 1. The molecule has 6 nitrogen and oxygen atoms in total. The Bertz CT molecular complexity index is 1020. The van der Waals surface area contributed by atoms with Gasteiger partial charge in [-0.25, -0.2) is 9.37 Å². The number of nitrogens with zero attached hydrogens (tertiary/aromatic N) is 3. The SMILES string of the molecule is COc1ccc(C(=O)N(CCCN2CCOCC2)c2nc(-c3ccc(F)cc3)cs2)cc1. The molecule has 1 aliphatic heterocycles. The molecule has 1 amide bonds. The van der Waals surface area contributed by atoms with E-state index in [9.17, 15) is 9.18 Å². The maximum Gasteiger partial charge on any atom is 0.260 e. The quantitative estimate of drug-likeness (QED) is 0.506. The summed E-state index contributed by atoms with van der Waals surface area (Å²) in [6.45, 7) is 4.78. The molecule has 0 unspecified atom stereocenters. The van der Waals surface area contributed by atoms with Crippen molar-refractivity contribution in [2.75, 3.05) is 51.4 Å². The van der Waals surface area contributed by atoms with Gasteiger partial charge in [-0.1, -0.05) is 0 Å². The maximum absolute atomic E-state index is 13.4. The number of rotatable bonds is 8. The highest BCUT2D eigenvalue weighted by Gasteiger charge is 2.22. The number of carbonyl (C=O) groups is 1. The number of carbonyl (C=O) groups excluding carboxylic acids is 1. The molecule has 1 aliphatic rings. The normalized spacial score (nSPS) is 14.3. The monoisotopic (exact) mass is 455 g/mol. The van der Waals surface area contributed by atoms with Crippen molar-refractivity contribution in [3.8, 4) is 17.0 Å². The van der Waals surface area contributed by atoms with Crippen LogP contribution in [0.1, 0.15) is 16.8 Å². The zero-order chi connectivity index (χ0) is 22.3. The highest BCUT2D eigenvalue weighted by Crippen LogP contribution is 2.29. The third-order valence-electron chi connectivity index (χ3n) is 5.40. The number of aromatic nitrogens is 1. The van der Waals surface area contributed by atoms with Crippen molar-refractivity contribution in [3.05, 3.63) is 65.3 Å². The molecule has 0 saturated carbocycles. The second-order valence-electron chi connectivity index (χ2n) is 7.52. The van der Waals surface area contributed by atoms with E-state index >= 15 is 0 Å². The van der Waals surface area contributed by atoms with Crippen molar-refractivity contribution in [2.45, 2.75) is 6.42 Å². The Balaban J connectivity index is 1.53. The summed E-state index contributed by atoms with van der Waals surface area (Å²) in [7, 11) is 1.60. The van der Waals surface area contributed by atoms with Gasteiger partial charge in [-0.2, -0.15) is 0 Å². The predicted molar refractivity (Wildman–Crippen MR) is 124 cm³/mol. The Hall–Kier alpha value is -2.81. The van der Waals surface area contributed by atoms with E-state index < -0.39 is 0 Å². The van der Waals surface area contributed by atoms with Crippen molar-refractivity contribution >= 4 is 22.4 Å². The van der Waals surface area contributed by atoms with Gasteiger partial charge in [0.1, 0.15) is 11.6 Å². The van der Waals surface area contributed by atoms with E-state index in [1.54, 1.807) is 48.4 Å². The molecule has 2 aromatic carbocycles. The van der Waals surface area contributed by atoms with Crippen LogP contribution in [-0.4, -0.2) is 62.3 Å². The number of hydrogen-bond donors (Lipinski definition) is 0. The van der Waals surface area contributed by atoms with Crippen LogP contribution in [0.25, 0.3) is 11.3 Å². The van der Waals surface area contributed by atoms with Gasteiger partial charge in [-0.05, 0) is 55.0 Å². The van der Waals surface area contributed by atoms with Gasteiger partial charge in [0.25, 0.3) is 5.91 Å². The number of ether oxygens (including phenoxy) is 2. The van der Waals surface area contributed by atoms with Crippen molar-refractivity contribution < 1.29 is 18.7 Å². The third kappa shape index (κ3) is 5.51. The molecule has 0 N–H and O–H groups in total. The lowest BCUT2D eigenvalue weighted by Gasteiger charge is -2.27. The third-order valence-corrected chi connectivity index (χ3v) is 6.27. The molecule has 1 aromatic heterocycles. The first-order chi connectivity index (χ1) is 15.6. The van der Waals surface area contributed by atoms with Gasteiger partial charge < -0.3 is 9.47 Å². The number of morpholine rings is 1. The van der Waals surface area contributed by atoms with Crippen LogP contribution in [0, 0.1) is 5.82 Å². The van der Waals surface area contributed by atoms with Crippen LogP contribution < -0.4 is 9.64 Å². The van der Waals surface area contributed by atoms with Gasteiger partial charge in [0.2, 0.25) is 0 Å². The first-order valence-electron chi connectivity index (χ1n) is 10.6. The van der Waals surface area contributed by atoms with Crippen molar-refractivity contribution in [2.24, 2.45) is 0 Å². The zero-order valence-electron chi connectivity index (χ0n) is 18.0. The van der Waals surface area contributed by atoms with Gasteiger partial charge in [0, 0.05) is 42.7 Å². The summed E-state index contributed by atoms with van der Waals surface area (Å²) in [5.74, 6) is 0.312. The number of anilines is 1. The Kier molecular flexibility index (Phi) is 7.47. The van der Waals surface area contributed by atoms with E-state index in [0.717, 1.165) is 50.5 Å². The first-order valence-corrected chi connectivity index (χ1v) is 11.5. The Labute approximate surface area is 191 Å². The van der Waals surface area contributed by atoms with Crippen LogP contribution in [-0.2, 0) is 4.74 Å². The van der Waals surface area contributed by atoms with E-state index in [1.807, 2.05) is 5.38 Å². The molecule has 32 heavy (non-hydrogen) atoms. The number of methoxy groups -OCH3 is 1. The summed E-state index contributed by atoms with van der Waals surface area (Å²) >= 11 is 1.42. The molecule has 3 aromatic rings. The fourth-order valence-electron chi connectivity index (χ4n) is 3.59. The molecular weight excluding hydrogens is 429 g/mol. The standard InChI is InChI=1S/C24H26FN3O3S/c1-30-21-9-5-19(6-10-21)23(29)28(12-2-11-27-13-15-31-16-14-27)24-26-22(17-32-24)18-3-7-20(25)8-4-18/h3-10,17H,2,11-16H2,1H3. The molecule has 1 fully saturated rings. The Morgan fingerprint density at radius 2 is 1.88 bits per heavy atom. The topological polar surface area (TPSA) is 54.9 Å². The fourth-order valence-corrected chi connectivity index (χ4v) is 4.45. The van der Waals surface area contributed by atoms with Crippen LogP contribution in [0.3, 0.4) is 0 Å². The van der Waals surface area contributed by atoms with E-state index in [0.29, 0.717) is 23.0 Å². The molecule has 0 spiro atoms. The average Bonchev–Trinajstić information content (AvgIpc) is 3.32.